The van der Waals surface area contributed by atoms with Gasteiger partial charge in [-0.2, -0.15) is 0 Å². The van der Waals surface area contributed by atoms with E-state index in [2.05, 4.69) is 23.7 Å². The summed E-state index contributed by atoms with van der Waals surface area (Å²) in [5.74, 6) is 1.16. The summed E-state index contributed by atoms with van der Waals surface area (Å²) in [6.07, 6.45) is 2.12. The van der Waals surface area contributed by atoms with Gasteiger partial charge in [0.1, 0.15) is 12.0 Å². The Kier molecular flexibility index (Phi) is 3.30. The Labute approximate surface area is 96.3 Å². The molecule has 2 atom stereocenters. The number of rotatable bonds is 3. The summed E-state index contributed by atoms with van der Waals surface area (Å²) in [6, 6.07) is 0.580. The average Bonchev–Trinajstić information content (AvgIpc) is 2.86. The fourth-order valence-corrected chi connectivity index (χ4v) is 2.14. The molecule has 1 saturated heterocycles. The Hall–Kier alpha value is -0.870. The van der Waals surface area contributed by atoms with E-state index in [1.807, 2.05) is 0 Å². The summed E-state index contributed by atoms with van der Waals surface area (Å²) in [4.78, 5) is 6.77. The molecule has 1 aliphatic heterocycles. The van der Waals surface area contributed by atoms with Gasteiger partial charge in [0.25, 0.3) is 0 Å². The van der Waals surface area contributed by atoms with Crippen LogP contribution in [0.1, 0.15) is 50.8 Å². The van der Waals surface area contributed by atoms with E-state index in [0.717, 1.165) is 25.4 Å². The van der Waals surface area contributed by atoms with Gasteiger partial charge in [-0.3, -0.25) is 0 Å². The van der Waals surface area contributed by atoms with Crippen LogP contribution in [0, 0.1) is 0 Å². The highest BCUT2D eigenvalue weighted by molar-refractivity contribution is 5.05. The Morgan fingerprint density at radius 3 is 2.75 bits per heavy atom. The predicted octanol–water partition coefficient (Wildman–Crippen LogP) is 1.93. The van der Waals surface area contributed by atoms with E-state index in [0.29, 0.717) is 17.7 Å². The number of aliphatic hydroxyl groups excluding tert-OH is 1. The van der Waals surface area contributed by atoms with Crippen molar-refractivity contribution in [2.45, 2.75) is 45.3 Å². The van der Waals surface area contributed by atoms with Crippen molar-refractivity contribution in [3.8, 4) is 0 Å². The molecule has 1 fully saturated rings. The SMILES string of the molecule is CC(O)c1coc(C2CCN(C(C)C)C2)n1. The van der Waals surface area contributed by atoms with Gasteiger partial charge in [-0.1, -0.05) is 0 Å². The van der Waals surface area contributed by atoms with E-state index in [4.69, 9.17) is 4.42 Å². The van der Waals surface area contributed by atoms with Crippen molar-refractivity contribution in [3.63, 3.8) is 0 Å². The number of aromatic nitrogens is 1. The maximum Gasteiger partial charge on any atom is 0.198 e. The van der Waals surface area contributed by atoms with Crippen LogP contribution in [0.5, 0.6) is 0 Å². The smallest absolute Gasteiger partial charge is 0.198 e. The predicted molar refractivity (Wildman–Crippen MR) is 61.2 cm³/mol. The molecule has 0 aromatic carbocycles. The lowest BCUT2D eigenvalue weighted by molar-refractivity contribution is 0.194. The van der Waals surface area contributed by atoms with E-state index < -0.39 is 6.10 Å². The lowest BCUT2D eigenvalue weighted by atomic mass is 10.1. The monoisotopic (exact) mass is 224 g/mol. The fraction of sp³-hybridized carbons (Fsp3) is 0.750. The molecule has 0 spiro atoms. The standard InChI is InChI=1S/C12H20N2O2/c1-8(2)14-5-4-10(6-14)12-13-11(7-16-12)9(3)15/h7-10,15H,4-6H2,1-3H3. The summed E-state index contributed by atoms with van der Waals surface area (Å²) in [5, 5.41) is 9.39. The zero-order valence-corrected chi connectivity index (χ0v) is 10.2. The molecule has 1 aliphatic rings. The molecule has 0 radical (unpaired) electrons. The first-order valence-electron chi connectivity index (χ1n) is 5.95. The van der Waals surface area contributed by atoms with Crippen molar-refractivity contribution < 1.29 is 9.52 Å². The van der Waals surface area contributed by atoms with Crippen molar-refractivity contribution >= 4 is 0 Å². The minimum Gasteiger partial charge on any atom is -0.448 e. The molecule has 90 valence electrons. The van der Waals surface area contributed by atoms with Gasteiger partial charge in [-0.15, -0.1) is 0 Å². The number of oxazole rings is 1. The number of nitrogens with zero attached hydrogens (tertiary/aromatic N) is 2. The van der Waals surface area contributed by atoms with Gasteiger partial charge >= 0.3 is 0 Å². The van der Waals surface area contributed by atoms with Crippen LogP contribution < -0.4 is 0 Å². The number of likely N-dealkylation sites (tertiary alicyclic amines) is 1. The van der Waals surface area contributed by atoms with E-state index in [-0.39, 0.29) is 0 Å². The average molecular weight is 224 g/mol. The van der Waals surface area contributed by atoms with Gasteiger partial charge in [0, 0.05) is 18.5 Å². The highest BCUT2D eigenvalue weighted by Gasteiger charge is 2.28. The van der Waals surface area contributed by atoms with Crippen molar-refractivity contribution in [1.82, 2.24) is 9.88 Å². The van der Waals surface area contributed by atoms with Gasteiger partial charge in [-0.25, -0.2) is 4.98 Å². The van der Waals surface area contributed by atoms with E-state index in [9.17, 15) is 5.11 Å². The maximum absolute atomic E-state index is 9.39. The van der Waals surface area contributed by atoms with Crippen molar-refractivity contribution in [2.24, 2.45) is 0 Å². The van der Waals surface area contributed by atoms with Crippen molar-refractivity contribution in [1.29, 1.82) is 0 Å². The Balaban J connectivity index is 2.03. The molecule has 4 nitrogen and oxygen atoms in total. The second-order valence-electron chi connectivity index (χ2n) is 4.86. The lowest BCUT2D eigenvalue weighted by Crippen LogP contribution is -2.27. The quantitative estimate of drug-likeness (QED) is 0.852. The number of hydrogen-bond acceptors (Lipinski definition) is 4. The van der Waals surface area contributed by atoms with E-state index in [1.165, 1.54) is 0 Å². The molecule has 0 amide bonds. The van der Waals surface area contributed by atoms with Gasteiger partial charge in [0.05, 0.1) is 6.10 Å². The molecule has 2 rings (SSSR count). The van der Waals surface area contributed by atoms with Crippen LogP contribution in [-0.4, -0.2) is 34.1 Å². The van der Waals surface area contributed by atoms with E-state index >= 15 is 0 Å². The molecule has 0 aliphatic carbocycles. The topological polar surface area (TPSA) is 49.5 Å². The molecule has 2 unspecified atom stereocenters. The molecule has 1 aromatic rings. The Morgan fingerprint density at radius 1 is 1.50 bits per heavy atom. The first-order valence-corrected chi connectivity index (χ1v) is 5.95. The molecular formula is C12H20N2O2. The second kappa shape index (κ2) is 4.55. The molecule has 2 heterocycles. The largest absolute Gasteiger partial charge is 0.448 e. The molecule has 16 heavy (non-hydrogen) atoms. The van der Waals surface area contributed by atoms with Gasteiger partial charge in [0.15, 0.2) is 5.89 Å². The third-order valence-electron chi connectivity index (χ3n) is 3.27. The zero-order valence-electron chi connectivity index (χ0n) is 10.2. The van der Waals surface area contributed by atoms with Crippen LogP contribution in [0.2, 0.25) is 0 Å². The summed E-state index contributed by atoms with van der Waals surface area (Å²) >= 11 is 0. The fourth-order valence-electron chi connectivity index (χ4n) is 2.14. The summed E-state index contributed by atoms with van der Waals surface area (Å²) in [7, 11) is 0. The normalized spacial score (nSPS) is 24.2. The van der Waals surface area contributed by atoms with E-state index in [1.54, 1.807) is 13.2 Å². The Bertz CT molecular complexity index is 347. The maximum atomic E-state index is 9.39. The molecule has 0 saturated carbocycles. The second-order valence-corrected chi connectivity index (χ2v) is 4.86. The van der Waals surface area contributed by atoms with Gasteiger partial charge in [-0.05, 0) is 33.7 Å². The summed E-state index contributed by atoms with van der Waals surface area (Å²) in [6.45, 7) is 8.24. The summed E-state index contributed by atoms with van der Waals surface area (Å²) < 4.78 is 5.44. The van der Waals surface area contributed by atoms with Gasteiger partial charge in [0.2, 0.25) is 0 Å². The number of aliphatic hydroxyl groups is 1. The van der Waals surface area contributed by atoms with Crippen LogP contribution >= 0.6 is 0 Å². The first-order chi connectivity index (χ1) is 7.58. The molecule has 0 bridgehead atoms. The Morgan fingerprint density at radius 2 is 2.25 bits per heavy atom. The van der Waals surface area contributed by atoms with Crippen LogP contribution in [0.15, 0.2) is 10.7 Å². The minimum absolute atomic E-state index is 0.384. The zero-order chi connectivity index (χ0) is 11.7. The molecule has 1 N–H and O–H groups in total. The van der Waals surface area contributed by atoms with Crippen molar-refractivity contribution in [2.75, 3.05) is 13.1 Å². The molecule has 1 aromatic heterocycles. The highest BCUT2D eigenvalue weighted by Crippen LogP contribution is 2.28. The lowest BCUT2D eigenvalue weighted by Gasteiger charge is -2.19. The highest BCUT2D eigenvalue weighted by atomic mass is 16.3. The third-order valence-corrected chi connectivity index (χ3v) is 3.27. The first kappa shape index (κ1) is 11.6. The van der Waals surface area contributed by atoms with Gasteiger partial charge < -0.3 is 14.4 Å². The minimum atomic E-state index is -0.542. The molecular weight excluding hydrogens is 204 g/mol. The third kappa shape index (κ3) is 2.28. The van der Waals surface area contributed by atoms with Crippen LogP contribution in [0.3, 0.4) is 0 Å². The van der Waals surface area contributed by atoms with Crippen LogP contribution in [0.25, 0.3) is 0 Å². The van der Waals surface area contributed by atoms with Crippen molar-refractivity contribution in [3.05, 3.63) is 17.8 Å². The number of hydrogen-bond donors (Lipinski definition) is 1. The van der Waals surface area contributed by atoms with Crippen LogP contribution in [0.4, 0.5) is 0 Å². The van der Waals surface area contributed by atoms with Crippen LogP contribution in [-0.2, 0) is 0 Å². The molecule has 4 heteroatoms. The summed E-state index contributed by atoms with van der Waals surface area (Å²) in [5.41, 5.74) is 0.637.